The number of alkyl halides is 3. The highest BCUT2D eigenvalue weighted by Crippen LogP contribution is 2.32. The first-order valence-electron chi connectivity index (χ1n) is 10.8. The number of hydrogen-bond acceptors (Lipinski definition) is 8. The van der Waals surface area contributed by atoms with Crippen molar-refractivity contribution < 1.29 is 32.4 Å². The molecule has 0 radical (unpaired) electrons. The van der Waals surface area contributed by atoms with Gasteiger partial charge in [-0.2, -0.15) is 22.9 Å². The van der Waals surface area contributed by atoms with Crippen molar-refractivity contribution in [3.05, 3.63) is 98.3 Å². The molecule has 1 aromatic heterocycles. The molecule has 0 amide bonds. The molecule has 0 fully saturated rings. The number of ether oxygens (including phenoxy) is 2. The first-order valence-corrected chi connectivity index (χ1v) is 10.8. The topological polar surface area (TPSA) is 126 Å². The minimum Gasteiger partial charge on any atom is -0.474 e. The molecule has 0 atom stereocenters. The van der Waals surface area contributed by atoms with Crippen LogP contribution in [0.3, 0.4) is 0 Å². The average Bonchev–Trinajstić information content (AvgIpc) is 2.90. The molecular formula is C25H17F3N4O6. The summed E-state index contributed by atoms with van der Waals surface area (Å²) in [5, 5.41) is 15.8. The summed E-state index contributed by atoms with van der Waals surface area (Å²) in [6.07, 6.45) is -3.59. The Morgan fingerprint density at radius 3 is 2.58 bits per heavy atom. The van der Waals surface area contributed by atoms with E-state index in [4.69, 9.17) is 4.74 Å². The van der Waals surface area contributed by atoms with Crippen molar-refractivity contribution in [3.63, 3.8) is 0 Å². The lowest BCUT2D eigenvalue weighted by Crippen LogP contribution is -2.20. The highest BCUT2D eigenvalue weighted by atomic mass is 19.4. The lowest BCUT2D eigenvalue weighted by molar-refractivity contribution is -0.385. The molecule has 13 heteroatoms. The third kappa shape index (κ3) is 5.36. The predicted molar refractivity (Wildman–Crippen MR) is 130 cm³/mol. The second-order valence-corrected chi connectivity index (χ2v) is 7.71. The summed E-state index contributed by atoms with van der Waals surface area (Å²) < 4.78 is 50.7. The van der Waals surface area contributed by atoms with Crippen molar-refractivity contribution in [2.24, 2.45) is 5.10 Å². The van der Waals surface area contributed by atoms with E-state index in [0.717, 1.165) is 36.2 Å². The summed E-state index contributed by atoms with van der Waals surface area (Å²) in [5.41, 5.74) is -1.93. The Hall–Kier alpha value is -5.07. The van der Waals surface area contributed by atoms with Gasteiger partial charge in [0, 0.05) is 17.2 Å². The highest BCUT2D eigenvalue weighted by Gasteiger charge is 2.31. The maximum absolute atomic E-state index is 13.4. The fourth-order valence-electron chi connectivity index (χ4n) is 3.51. The number of benzene rings is 3. The minimum atomic E-state index is -4.64. The summed E-state index contributed by atoms with van der Waals surface area (Å²) in [6, 6.07) is 14.3. The lowest BCUT2D eigenvalue weighted by atomic mass is 10.1. The van der Waals surface area contributed by atoms with Crippen LogP contribution >= 0.6 is 0 Å². The van der Waals surface area contributed by atoms with E-state index in [0.29, 0.717) is 0 Å². The Bertz CT molecular complexity index is 1630. The van der Waals surface area contributed by atoms with Crippen LogP contribution in [0.25, 0.3) is 22.3 Å². The number of carbonyl (C=O) groups excluding carboxylic acids is 1. The van der Waals surface area contributed by atoms with Gasteiger partial charge in [0.1, 0.15) is 0 Å². The van der Waals surface area contributed by atoms with Gasteiger partial charge in [-0.15, -0.1) is 0 Å². The molecule has 0 N–H and O–H groups in total. The van der Waals surface area contributed by atoms with E-state index in [1.54, 1.807) is 12.1 Å². The first kappa shape index (κ1) is 26.0. The maximum Gasteiger partial charge on any atom is 0.416 e. The number of carbonyl (C=O) groups is 1. The number of hydrogen-bond donors (Lipinski definition) is 0. The molecule has 0 saturated heterocycles. The number of halogens is 3. The molecule has 0 spiro atoms. The van der Waals surface area contributed by atoms with Crippen LogP contribution in [0.5, 0.6) is 5.75 Å². The molecule has 0 aliphatic rings. The van der Waals surface area contributed by atoms with E-state index in [2.05, 4.69) is 14.8 Å². The number of para-hydroxylation sites is 2. The van der Waals surface area contributed by atoms with Gasteiger partial charge in [0.25, 0.3) is 5.56 Å². The fraction of sp³-hybridized carbons (Fsp3) is 0.120. The van der Waals surface area contributed by atoms with Gasteiger partial charge in [-0.1, -0.05) is 30.3 Å². The molecule has 4 aromatic rings. The van der Waals surface area contributed by atoms with E-state index < -0.39 is 40.5 Å². The van der Waals surface area contributed by atoms with Gasteiger partial charge in [0.2, 0.25) is 5.75 Å². The predicted octanol–water partition coefficient (Wildman–Crippen LogP) is 4.42. The number of rotatable bonds is 7. The number of nitrogens with zero attached hydrogens (tertiary/aromatic N) is 4. The standard InChI is InChI=1S/C25H17F3N4O6/c1-37-21(33)14-38-22-16(7-5-11-20(22)32(35)36)13-29-31-23(15-6-4-8-17(12-15)25(26,27)28)30-19-10-3-2-9-18(19)24(31)34/h2-13H,14H2,1H3. The van der Waals surface area contributed by atoms with Crippen LogP contribution in [-0.2, 0) is 15.7 Å². The van der Waals surface area contributed by atoms with Crippen molar-refractivity contribution in [3.8, 4) is 17.1 Å². The van der Waals surface area contributed by atoms with E-state index in [9.17, 15) is 32.9 Å². The molecule has 0 aliphatic heterocycles. The van der Waals surface area contributed by atoms with Gasteiger partial charge >= 0.3 is 17.8 Å². The summed E-state index contributed by atoms with van der Waals surface area (Å²) in [7, 11) is 1.11. The monoisotopic (exact) mass is 526 g/mol. The third-order valence-electron chi connectivity index (χ3n) is 5.30. The van der Waals surface area contributed by atoms with Crippen molar-refractivity contribution >= 4 is 28.8 Å². The van der Waals surface area contributed by atoms with E-state index >= 15 is 0 Å². The van der Waals surface area contributed by atoms with Crippen LogP contribution in [0.1, 0.15) is 11.1 Å². The number of esters is 1. The normalized spacial score (nSPS) is 11.6. The molecule has 0 aliphatic carbocycles. The smallest absolute Gasteiger partial charge is 0.416 e. The molecule has 1 heterocycles. The zero-order valence-electron chi connectivity index (χ0n) is 19.5. The van der Waals surface area contributed by atoms with Gasteiger partial charge in [-0.25, -0.2) is 9.78 Å². The van der Waals surface area contributed by atoms with Crippen molar-refractivity contribution in [2.45, 2.75) is 6.18 Å². The molecule has 38 heavy (non-hydrogen) atoms. The number of methoxy groups -OCH3 is 1. The van der Waals surface area contributed by atoms with E-state index in [-0.39, 0.29) is 33.6 Å². The number of nitro benzene ring substituents is 1. The van der Waals surface area contributed by atoms with Crippen molar-refractivity contribution in [2.75, 3.05) is 13.7 Å². The number of aromatic nitrogens is 2. The van der Waals surface area contributed by atoms with E-state index in [1.165, 1.54) is 36.4 Å². The second-order valence-electron chi connectivity index (χ2n) is 7.71. The molecule has 0 saturated carbocycles. The van der Waals surface area contributed by atoms with Crippen LogP contribution in [0.15, 0.2) is 76.6 Å². The Labute approximate surface area is 211 Å². The molecule has 3 aromatic carbocycles. The van der Waals surface area contributed by atoms with Gasteiger partial charge in [-0.3, -0.25) is 14.9 Å². The van der Waals surface area contributed by atoms with Crippen LogP contribution in [0, 0.1) is 10.1 Å². The molecule has 10 nitrogen and oxygen atoms in total. The van der Waals surface area contributed by atoms with Gasteiger partial charge < -0.3 is 9.47 Å². The van der Waals surface area contributed by atoms with Crippen molar-refractivity contribution in [1.82, 2.24) is 9.66 Å². The Balaban J connectivity index is 1.90. The number of fused-ring (bicyclic) bond motifs is 1. The molecule has 4 rings (SSSR count). The van der Waals surface area contributed by atoms with Gasteiger partial charge in [0.05, 0.1) is 34.7 Å². The van der Waals surface area contributed by atoms with Gasteiger partial charge in [0.15, 0.2) is 12.4 Å². The summed E-state index contributed by atoms with van der Waals surface area (Å²) in [6.45, 7) is -0.644. The number of nitro groups is 1. The van der Waals surface area contributed by atoms with Gasteiger partial charge in [-0.05, 0) is 30.3 Å². The molecule has 0 unspecified atom stereocenters. The first-order chi connectivity index (χ1) is 18.1. The fourth-order valence-corrected chi connectivity index (χ4v) is 3.51. The Morgan fingerprint density at radius 2 is 1.87 bits per heavy atom. The largest absolute Gasteiger partial charge is 0.474 e. The minimum absolute atomic E-state index is 0.0122. The zero-order valence-corrected chi connectivity index (χ0v) is 19.5. The Morgan fingerprint density at radius 1 is 1.13 bits per heavy atom. The average molecular weight is 526 g/mol. The zero-order chi connectivity index (χ0) is 27.4. The highest BCUT2D eigenvalue weighted by molar-refractivity contribution is 5.87. The molecular weight excluding hydrogens is 509 g/mol. The quantitative estimate of drug-likeness (QED) is 0.151. The molecule has 0 bridgehead atoms. The third-order valence-corrected chi connectivity index (χ3v) is 5.30. The van der Waals surface area contributed by atoms with Crippen LogP contribution in [-0.4, -0.2) is 40.5 Å². The summed E-state index contributed by atoms with van der Waals surface area (Å²) >= 11 is 0. The lowest BCUT2D eigenvalue weighted by Gasteiger charge is -2.12. The maximum atomic E-state index is 13.4. The second kappa shape index (κ2) is 10.5. The van der Waals surface area contributed by atoms with Crippen molar-refractivity contribution in [1.29, 1.82) is 0 Å². The van der Waals surface area contributed by atoms with Crippen LogP contribution in [0.4, 0.5) is 18.9 Å². The summed E-state index contributed by atoms with van der Waals surface area (Å²) in [4.78, 5) is 40.0. The summed E-state index contributed by atoms with van der Waals surface area (Å²) in [5.74, 6) is -1.32. The molecule has 194 valence electrons. The Kier molecular flexibility index (Phi) is 7.19. The SMILES string of the molecule is COC(=O)COc1c(C=Nn2c(-c3cccc(C(F)(F)F)c3)nc3ccccc3c2=O)cccc1[N+](=O)[O-]. The van der Waals surface area contributed by atoms with E-state index in [1.807, 2.05) is 0 Å². The van der Waals surface area contributed by atoms with Crippen LogP contribution in [0.2, 0.25) is 0 Å². The van der Waals surface area contributed by atoms with Crippen LogP contribution < -0.4 is 10.3 Å².